The van der Waals surface area contributed by atoms with Gasteiger partial charge in [-0.3, -0.25) is 10.1 Å². The number of ether oxygens (including phenoxy) is 1. The summed E-state index contributed by atoms with van der Waals surface area (Å²) in [4.78, 5) is 10.0. The molecule has 0 radical (unpaired) electrons. The van der Waals surface area contributed by atoms with Gasteiger partial charge in [-0.25, -0.2) is 0 Å². The Labute approximate surface area is 125 Å². The standard InChI is InChI=1S/C15H14F2N2O3/c1-10-3-2-4-11(7-10)9-18-13-6-5-12(19(20)21)8-14(13)22-15(16)17/h2-8,15,18H,9H2,1H3. The lowest BCUT2D eigenvalue weighted by atomic mass is 10.1. The molecule has 0 spiro atoms. The van der Waals surface area contributed by atoms with E-state index in [-0.39, 0.29) is 17.1 Å². The molecule has 0 amide bonds. The molecule has 0 atom stereocenters. The molecule has 7 heteroatoms. The Kier molecular flexibility index (Phi) is 4.88. The van der Waals surface area contributed by atoms with Crippen molar-refractivity contribution in [1.82, 2.24) is 0 Å². The molecule has 116 valence electrons. The molecule has 0 unspecified atom stereocenters. The average Bonchev–Trinajstić information content (AvgIpc) is 2.45. The van der Waals surface area contributed by atoms with E-state index < -0.39 is 11.5 Å². The van der Waals surface area contributed by atoms with E-state index in [1.54, 1.807) is 0 Å². The maximum absolute atomic E-state index is 12.4. The normalized spacial score (nSPS) is 10.5. The first-order valence-corrected chi connectivity index (χ1v) is 6.48. The minimum absolute atomic E-state index is 0.253. The smallest absolute Gasteiger partial charge is 0.387 e. The van der Waals surface area contributed by atoms with Gasteiger partial charge in [-0.15, -0.1) is 0 Å². The van der Waals surface area contributed by atoms with E-state index in [9.17, 15) is 18.9 Å². The number of hydrogen-bond acceptors (Lipinski definition) is 4. The molecule has 0 saturated carbocycles. The van der Waals surface area contributed by atoms with E-state index in [4.69, 9.17) is 0 Å². The predicted molar refractivity (Wildman–Crippen MR) is 78.2 cm³/mol. The number of nitro benzene ring substituents is 1. The van der Waals surface area contributed by atoms with E-state index in [1.165, 1.54) is 12.1 Å². The number of nitrogens with zero attached hydrogens (tertiary/aromatic N) is 1. The van der Waals surface area contributed by atoms with Crippen molar-refractivity contribution in [2.24, 2.45) is 0 Å². The fraction of sp³-hybridized carbons (Fsp3) is 0.200. The summed E-state index contributed by atoms with van der Waals surface area (Å²) in [5, 5.41) is 13.7. The van der Waals surface area contributed by atoms with Crippen molar-refractivity contribution in [3.05, 3.63) is 63.7 Å². The lowest BCUT2D eigenvalue weighted by Gasteiger charge is -2.13. The van der Waals surface area contributed by atoms with Crippen molar-refractivity contribution in [3.63, 3.8) is 0 Å². The molecule has 22 heavy (non-hydrogen) atoms. The zero-order chi connectivity index (χ0) is 16.1. The molecule has 0 fully saturated rings. The van der Waals surface area contributed by atoms with E-state index >= 15 is 0 Å². The highest BCUT2D eigenvalue weighted by molar-refractivity contribution is 5.61. The van der Waals surface area contributed by atoms with Crippen LogP contribution < -0.4 is 10.1 Å². The third-order valence-corrected chi connectivity index (χ3v) is 2.96. The van der Waals surface area contributed by atoms with E-state index in [0.717, 1.165) is 17.2 Å². The Hall–Kier alpha value is -2.70. The SMILES string of the molecule is Cc1cccc(CNc2ccc([N+](=O)[O-])cc2OC(F)F)c1. The van der Waals surface area contributed by atoms with Crippen molar-refractivity contribution in [1.29, 1.82) is 0 Å². The van der Waals surface area contributed by atoms with Crippen LogP contribution in [0.5, 0.6) is 5.75 Å². The Bertz CT molecular complexity index is 678. The highest BCUT2D eigenvalue weighted by Gasteiger charge is 2.15. The Morgan fingerprint density at radius 2 is 2.05 bits per heavy atom. The van der Waals surface area contributed by atoms with Gasteiger partial charge >= 0.3 is 6.61 Å². The molecular weight excluding hydrogens is 294 g/mol. The van der Waals surface area contributed by atoms with Crippen LogP contribution in [0.3, 0.4) is 0 Å². The first kappa shape index (κ1) is 15.7. The minimum Gasteiger partial charge on any atom is -0.432 e. The fourth-order valence-corrected chi connectivity index (χ4v) is 1.98. The van der Waals surface area contributed by atoms with Crippen LogP contribution in [0.4, 0.5) is 20.2 Å². The highest BCUT2D eigenvalue weighted by atomic mass is 19.3. The maximum Gasteiger partial charge on any atom is 0.387 e. The lowest BCUT2D eigenvalue weighted by molar-refractivity contribution is -0.385. The molecule has 2 aromatic rings. The number of halogens is 2. The molecule has 0 aliphatic heterocycles. The van der Waals surface area contributed by atoms with Crippen molar-refractivity contribution in [2.75, 3.05) is 5.32 Å². The molecular formula is C15H14F2N2O3. The fourth-order valence-electron chi connectivity index (χ4n) is 1.98. The lowest BCUT2D eigenvalue weighted by Crippen LogP contribution is -2.07. The summed E-state index contributed by atoms with van der Waals surface area (Å²) >= 11 is 0. The second kappa shape index (κ2) is 6.84. The van der Waals surface area contributed by atoms with Gasteiger partial charge in [0.2, 0.25) is 0 Å². The topological polar surface area (TPSA) is 64.4 Å². The zero-order valence-corrected chi connectivity index (χ0v) is 11.8. The van der Waals surface area contributed by atoms with Crippen LogP contribution in [0.1, 0.15) is 11.1 Å². The first-order valence-electron chi connectivity index (χ1n) is 6.48. The average molecular weight is 308 g/mol. The van der Waals surface area contributed by atoms with Gasteiger partial charge in [-0.1, -0.05) is 29.8 Å². The number of alkyl halides is 2. The molecule has 2 rings (SSSR count). The number of hydrogen-bond donors (Lipinski definition) is 1. The molecule has 0 bridgehead atoms. The summed E-state index contributed by atoms with van der Waals surface area (Å²) < 4.78 is 29.2. The summed E-state index contributed by atoms with van der Waals surface area (Å²) in [6.07, 6.45) is 0. The van der Waals surface area contributed by atoms with E-state index in [1.807, 2.05) is 31.2 Å². The Balaban J connectivity index is 2.20. The van der Waals surface area contributed by atoms with Gasteiger partial charge in [0, 0.05) is 12.6 Å². The van der Waals surface area contributed by atoms with Crippen molar-refractivity contribution < 1.29 is 18.4 Å². The number of non-ortho nitro benzene ring substituents is 1. The second-order valence-corrected chi connectivity index (χ2v) is 4.66. The van der Waals surface area contributed by atoms with Gasteiger partial charge in [0.05, 0.1) is 16.7 Å². The molecule has 0 aliphatic carbocycles. The number of benzene rings is 2. The third kappa shape index (κ3) is 4.15. The molecule has 0 saturated heterocycles. The second-order valence-electron chi connectivity index (χ2n) is 4.66. The number of anilines is 1. The molecule has 0 aliphatic rings. The van der Waals surface area contributed by atoms with Crippen LogP contribution >= 0.6 is 0 Å². The van der Waals surface area contributed by atoms with Crippen molar-refractivity contribution >= 4 is 11.4 Å². The Morgan fingerprint density at radius 1 is 1.27 bits per heavy atom. The Morgan fingerprint density at radius 3 is 2.68 bits per heavy atom. The summed E-state index contributed by atoms with van der Waals surface area (Å²) in [5.74, 6) is -0.253. The van der Waals surface area contributed by atoms with Crippen molar-refractivity contribution in [3.8, 4) is 5.75 Å². The first-order chi connectivity index (χ1) is 10.5. The van der Waals surface area contributed by atoms with Crippen LogP contribution in [0.2, 0.25) is 0 Å². The number of nitrogens with one attached hydrogen (secondary N) is 1. The van der Waals surface area contributed by atoms with E-state index in [2.05, 4.69) is 10.1 Å². The zero-order valence-electron chi connectivity index (χ0n) is 11.8. The van der Waals surface area contributed by atoms with Crippen LogP contribution in [0.25, 0.3) is 0 Å². The van der Waals surface area contributed by atoms with Crippen LogP contribution in [0.15, 0.2) is 42.5 Å². The third-order valence-electron chi connectivity index (χ3n) is 2.96. The van der Waals surface area contributed by atoms with Gasteiger partial charge in [-0.05, 0) is 18.6 Å². The number of nitro groups is 1. The van der Waals surface area contributed by atoms with Crippen LogP contribution in [0, 0.1) is 17.0 Å². The summed E-state index contributed by atoms with van der Waals surface area (Å²) in [7, 11) is 0. The molecule has 5 nitrogen and oxygen atoms in total. The van der Waals surface area contributed by atoms with Gasteiger partial charge in [0.15, 0.2) is 5.75 Å². The summed E-state index contributed by atoms with van der Waals surface area (Å²) in [5.41, 5.74) is 2.00. The quantitative estimate of drug-likeness (QED) is 0.644. The monoisotopic (exact) mass is 308 g/mol. The van der Waals surface area contributed by atoms with Crippen molar-refractivity contribution in [2.45, 2.75) is 20.1 Å². The highest BCUT2D eigenvalue weighted by Crippen LogP contribution is 2.31. The number of aryl methyl sites for hydroxylation is 1. The van der Waals surface area contributed by atoms with Gasteiger partial charge in [0.25, 0.3) is 5.69 Å². The molecule has 0 heterocycles. The van der Waals surface area contributed by atoms with E-state index in [0.29, 0.717) is 6.54 Å². The largest absolute Gasteiger partial charge is 0.432 e. The molecule has 1 N–H and O–H groups in total. The van der Waals surface area contributed by atoms with Gasteiger partial charge in [-0.2, -0.15) is 8.78 Å². The predicted octanol–water partition coefficient (Wildman–Crippen LogP) is 4.12. The maximum atomic E-state index is 12.4. The van der Waals surface area contributed by atoms with Crippen LogP contribution in [-0.2, 0) is 6.54 Å². The van der Waals surface area contributed by atoms with Crippen LogP contribution in [-0.4, -0.2) is 11.5 Å². The van der Waals surface area contributed by atoms with Gasteiger partial charge < -0.3 is 10.1 Å². The molecule has 2 aromatic carbocycles. The van der Waals surface area contributed by atoms with Gasteiger partial charge in [0.1, 0.15) is 0 Å². The number of rotatable bonds is 6. The summed E-state index contributed by atoms with van der Waals surface area (Å²) in [6, 6.07) is 11.2. The minimum atomic E-state index is -3.05. The molecule has 0 aromatic heterocycles. The summed E-state index contributed by atoms with van der Waals surface area (Å²) in [6.45, 7) is -0.721.